The number of aliphatic hydroxyl groups excluding tert-OH is 1. The molecule has 2 aromatic rings. The number of likely N-dealkylation sites (N-methyl/N-ethyl adjacent to an activating group) is 1. The molecule has 0 spiro atoms. The third kappa shape index (κ3) is 3.69. The number of hydrogen-bond donors (Lipinski definition) is 2. The predicted molar refractivity (Wildman–Crippen MR) is 117 cm³/mol. The van der Waals surface area contributed by atoms with Crippen molar-refractivity contribution in [1.29, 1.82) is 0 Å². The maximum atomic E-state index is 13.2. The van der Waals surface area contributed by atoms with Crippen LogP contribution in [0.3, 0.4) is 0 Å². The van der Waals surface area contributed by atoms with E-state index in [0.717, 1.165) is 5.56 Å². The van der Waals surface area contributed by atoms with Crippen molar-refractivity contribution < 1.29 is 9.90 Å². The number of aryl methyl sites for hydroxylation is 1. The van der Waals surface area contributed by atoms with Gasteiger partial charge in [-0.3, -0.25) is 18.9 Å². The molecule has 1 fully saturated rings. The van der Waals surface area contributed by atoms with Crippen molar-refractivity contribution in [1.82, 2.24) is 14.3 Å². The average Bonchev–Trinajstić information content (AvgIpc) is 2.95. The lowest BCUT2D eigenvalue weighted by atomic mass is 10.2. The van der Waals surface area contributed by atoms with E-state index in [4.69, 9.17) is 12.2 Å². The van der Waals surface area contributed by atoms with Gasteiger partial charge in [-0.15, -0.1) is 0 Å². The van der Waals surface area contributed by atoms with E-state index in [0.29, 0.717) is 33.7 Å². The maximum absolute atomic E-state index is 13.2. The van der Waals surface area contributed by atoms with E-state index in [9.17, 15) is 14.7 Å². The molecule has 0 saturated carbocycles. The smallest absolute Gasteiger partial charge is 0.267 e. The Kier molecular flexibility index (Phi) is 6.17. The van der Waals surface area contributed by atoms with Crippen molar-refractivity contribution in [2.45, 2.75) is 33.2 Å². The summed E-state index contributed by atoms with van der Waals surface area (Å²) in [6.45, 7) is 6.04. The van der Waals surface area contributed by atoms with Crippen LogP contribution in [0.5, 0.6) is 0 Å². The number of thioether (sulfide) groups is 1. The molecule has 7 nitrogen and oxygen atoms in total. The zero-order chi connectivity index (χ0) is 20.4. The lowest BCUT2D eigenvalue weighted by molar-refractivity contribution is -0.121. The van der Waals surface area contributed by atoms with Crippen molar-refractivity contribution >= 4 is 51.7 Å². The standard InChI is InChI=1S/C19H22N4O3S2/c1-4-12(10-24)20-15-13(9-14-18(26)22(5-2)19(27)28-14)17(25)23-8-6-7-11(3)16(23)21-15/h6-9,12,20,24H,4-5,10H2,1-3H3/b14-9-/t12-/m1/s1. The first-order chi connectivity index (χ1) is 13.4. The van der Waals surface area contributed by atoms with Gasteiger partial charge in [0.25, 0.3) is 11.5 Å². The summed E-state index contributed by atoms with van der Waals surface area (Å²) in [7, 11) is 0. The summed E-state index contributed by atoms with van der Waals surface area (Å²) in [5.41, 5.74) is 1.36. The van der Waals surface area contributed by atoms with Crippen LogP contribution in [0.25, 0.3) is 11.7 Å². The number of nitrogens with zero attached hydrogens (tertiary/aromatic N) is 3. The van der Waals surface area contributed by atoms with E-state index in [1.807, 2.05) is 26.8 Å². The fourth-order valence-corrected chi connectivity index (χ4v) is 4.29. The fourth-order valence-electron chi connectivity index (χ4n) is 2.93. The van der Waals surface area contributed by atoms with Gasteiger partial charge in [0, 0.05) is 12.7 Å². The Bertz CT molecular complexity index is 1030. The molecule has 2 N–H and O–H groups in total. The van der Waals surface area contributed by atoms with Crippen LogP contribution >= 0.6 is 24.0 Å². The number of fused-ring (bicyclic) bond motifs is 1. The summed E-state index contributed by atoms with van der Waals surface area (Å²) in [5.74, 6) is 0.133. The first-order valence-electron chi connectivity index (χ1n) is 9.05. The molecule has 0 unspecified atom stereocenters. The Morgan fingerprint density at radius 1 is 1.39 bits per heavy atom. The highest BCUT2D eigenvalue weighted by Crippen LogP contribution is 2.32. The van der Waals surface area contributed by atoms with Crippen molar-refractivity contribution in [2.75, 3.05) is 18.5 Å². The second-order valence-corrected chi connectivity index (χ2v) is 8.10. The van der Waals surface area contributed by atoms with Crippen molar-refractivity contribution in [3.8, 4) is 0 Å². The van der Waals surface area contributed by atoms with E-state index in [2.05, 4.69) is 10.3 Å². The number of rotatable bonds is 6. The number of hydrogen-bond acceptors (Lipinski definition) is 7. The number of carbonyl (C=O) groups is 1. The summed E-state index contributed by atoms with van der Waals surface area (Å²) < 4.78 is 1.94. The Morgan fingerprint density at radius 3 is 2.75 bits per heavy atom. The summed E-state index contributed by atoms with van der Waals surface area (Å²) in [6, 6.07) is 3.40. The van der Waals surface area contributed by atoms with Crippen LogP contribution in [-0.2, 0) is 4.79 Å². The molecule has 0 aliphatic carbocycles. The van der Waals surface area contributed by atoms with Crippen LogP contribution < -0.4 is 10.9 Å². The first kappa shape index (κ1) is 20.5. The van der Waals surface area contributed by atoms with E-state index in [1.54, 1.807) is 18.3 Å². The molecule has 0 bridgehead atoms. The van der Waals surface area contributed by atoms with Gasteiger partial charge in [-0.1, -0.05) is 37.0 Å². The normalized spacial score (nSPS) is 17.0. The zero-order valence-electron chi connectivity index (χ0n) is 15.9. The molecule has 1 aliphatic heterocycles. The van der Waals surface area contributed by atoms with E-state index in [1.165, 1.54) is 21.1 Å². The maximum Gasteiger partial charge on any atom is 0.267 e. The first-order valence-corrected chi connectivity index (χ1v) is 10.3. The number of aliphatic hydroxyl groups is 1. The van der Waals surface area contributed by atoms with Gasteiger partial charge < -0.3 is 10.4 Å². The minimum atomic E-state index is -0.286. The van der Waals surface area contributed by atoms with Gasteiger partial charge in [-0.05, 0) is 38.0 Å². The average molecular weight is 419 g/mol. The number of thiocarbonyl (C=S) groups is 1. The van der Waals surface area contributed by atoms with Gasteiger partial charge >= 0.3 is 0 Å². The van der Waals surface area contributed by atoms with Gasteiger partial charge in [0.15, 0.2) is 0 Å². The topological polar surface area (TPSA) is 86.9 Å². The number of nitrogens with one attached hydrogen (secondary N) is 1. The zero-order valence-corrected chi connectivity index (χ0v) is 17.6. The van der Waals surface area contributed by atoms with Crippen molar-refractivity contribution in [3.05, 3.63) is 44.7 Å². The molecule has 1 amide bonds. The van der Waals surface area contributed by atoms with E-state index in [-0.39, 0.29) is 29.7 Å². The molecule has 1 atom stereocenters. The summed E-state index contributed by atoms with van der Waals surface area (Å²) in [5, 5.41) is 12.7. The largest absolute Gasteiger partial charge is 0.394 e. The monoisotopic (exact) mass is 418 g/mol. The van der Waals surface area contributed by atoms with Crippen molar-refractivity contribution in [2.24, 2.45) is 0 Å². The molecule has 1 saturated heterocycles. The second-order valence-electron chi connectivity index (χ2n) is 6.42. The number of amides is 1. The lowest BCUT2D eigenvalue weighted by Crippen LogP contribution is -2.28. The Morgan fingerprint density at radius 2 is 2.14 bits per heavy atom. The molecule has 3 heterocycles. The Balaban J connectivity index is 2.21. The lowest BCUT2D eigenvalue weighted by Gasteiger charge is -2.17. The molecule has 1 aliphatic rings. The molecule has 0 aromatic carbocycles. The summed E-state index contributed by atoms with van der Waals surface area (Å²) in [6.07, 6.45) is 3.85. The van der Waals surface area contributed by atoms with Crippen molar-refractivity contribution in [3.63, 3.8) is 0 Å². The molecular weight excluding hydrogens is 396 g/mol. The highest BCUT2D eigenvalue weighted by molar-refractivity contribution is 8.26. The Hall–Kier alpha value is -2.23. The van der Waals surface area contributed by atoms with Gasteiger partial charge in [-0.2, -0.15) is 0 Å². The SMILES string of the molecule is CC[C@H](CO)Nc1nc2c(C)cccn2c(=O)c1/C=C1\SC(=S)N(CC)C1=O. The van der Waals surface area contributed by atoms with Gasteiger partial charge in [-0.25, -0.2) is 4.98 Å². The van der Waals surface area contributed by atoms with Crippen LogP contribution in [0.1, 0.15) is 31.4 Å². The van der Waals surface area contributed by atoms with Gasteiger partial charge in [0.05, 0.1) is 23.1 Å². The molecule has 28 heavy (non-hydrogen) atoms. The third-order valence-corrected chi connectivity index (χ3v) is 5.98. The Labute approximate surface area is 172 Å². The third-order valence-electron chi connectivity index (χ3n) is 4.60. The van der Waals surface area contributed by atoms with Gasteiger partial charge in [0.1, 0.15) is 15.8 Å². The van der Waals surface area contributed by atoms with Crippen LogP contribution in [0.15, 0.2) is 28.0 Å². The van der Waals surface area contributed by atoms with Crippen LogP contribution in [-0.4, -0.2) is 48.8 Å². The van der Waals surface area contributed by atoms with Gasteiger partial charge in [0.2, 0.25) is 0 Å². The number of pyridine rings is 1. The highest BCUT2D eigenvalue weighted by atomic mass is 32.2. The number of aromatic nitrogens is 2. The van der Waals surface area contributed by atoms with E-state index >= 15 is 0 Å². The minimum Gasteiger partial charge on any atom is -0.394 e. The molecule has 3 rings (SSSR count). The molecular formula is C19H22N4O3S2. The number of anilines is 1. The molecule has 148 valence electrons. The van der Waals surface area contributed by atoms with E-state index < -0.39 is 0 Å². The van der Waals surface area contributed by atoms with Crippen LogP contribution in [0, 0.1) is 6.92 Å². The predicted octanol–water partition coefficient (Wildman–Crippen LogP) is 2.41. The summed E-state index contributed by atoms with van der Waals surface area (Å²) in [4.78, 5) is 32.3. The van der Waals surface area contributed by atoms with Crippen LogP contribution in [0.4, 0.5) is 5.82 Å². The summed E-state index contributed by atoms with van der Waals surface area (Å²) >= 11 is 6.43. The molecule has 0 radical (unpaired) electrons. The minimum absolute atomic E-state index is 0.0945. The highest BCUT2D eigenvalue weighted by Gasteiger charge is 2.31. The fraction of sp³-hybridized carbons (Fsp3) is 0.368. The molecule has 9 heteroatoms. The molecule has 2 aromatic heterocycles. The van der Waals surface area contributed by atoms with Crippen LogP contribution in [0.2, 0.25) is 0 Å². The quantitative estimate of drug-likeness (QED) is 0.550. The second kappa shape index (κ2) is 8.42. The number of carbonyl (C=O) groups excluding carboxylic acids is 1.